The summed E-state index contributed by atoms with van der Waals surface area (Å²) in [5, 5.41) is 0. The van der Waals surface area contributed by atoms with E-state index in [2.05, 4.69) is 45.1 Å². The number of esters is 3. The van der Waals surface area contributed by atoms with Gasteiger partial charge in [-0.25, -0.2) is 0 Å². The van der Waals surface area contributed by atoms with Gasteiger partial charge in [-0.1, -0.05) is 295 Å². The summed E-state index contributed by atoms with van der Waals surface area (Å²) >= 11 is 0. The molecule has 0 aliphatic rings. The summed E-state index contributed by atoms with van der Waals surface area (Å²) in [4.78, 5) is 38.1. The number of hydrogen-bond donors (Lipinski definition) is 0. The monoisotopic (exact) mass is 971 g/mol. The SMILES string of the molecule is CCCCCC/C=C\C/C=C\CCCCCCCCCC(=O)OC(COC(=O)CCCCCCCCCC)COC(=O)CCCCCCCCCCCCCCCCCCCCCCCCCCC. The molecule has 0 aliphatic carbocycles. The highest BCUT2D eigenvalue weighted by Crippen LogP contribution is 2.18. The Morgan fingerprint density at radius 1 is 0.290 bits per heavy atom. The van der Waals surface area contributed by atoms with Gasteiger partial charge in [-0.15, -0.1) is 0 Å². The molecule has 0 spiro atoms. The molecule has 0 aromatic heterocycles. The van der Waals surface area contributed by atoms with Crippen LogP contribution in [0.4, 0.5) is 0 Å². The summed E-state index contributed by atoms with van der Waals surface area (Å²) in [5.41, 5.74) is 0. The molecular weight excluding hydrogens is 853 g/mol. The van der Waals surface area contributed by atoms with Gasteiger partial charge < -0.3 is 14.2 Å². The number of hydrogen-bond acceptors (Lipinski definition) is 6. The van der Waals surface area contributed by atoms with Crippen molar-refractivity contribution in [1.82, 2.24) is 0 Å². The summed E-state index contributed by atoms with van der Waals surface area (Å²) in [6.07, 6.45) is 69.2. The van der Waals surface area contributed by atoms with Crippen LogP contribution < -0.4 is 0 Å². The first-order chi connectivity index (χ1) is 34.0. The first kappa shape index (κ1) is 66.9. The molecule has 0 N–H and O–H groups in total. The largest absolute Gasteiger partial charge is 0.462 e. The predicted octanol–water partition coefficient (Wildman–Crippen LogP) is 20.7. The zero-order valence-electron chi connectivity index (χ0n) is 46.6. The van der Waals surface area contributed by atoms with E-state index in [0.29, 0.717) is 19.3 Å². The third-order valence-corrected chi connectivity index (χ3v) is 14.0. The Labute approximate surface area is 430 Å². The second-order valence-electron chi connectivity index (χ2n) is 21.0. The van der Waals surface area contributed by atoms with Crippen molar-refractivity contribution in [2.24, 2.45) is 0 Å². The zero-order chi connectivity index (χ0) is 50.0. The van der Waals surface area contributed by atoms with Crippen molar-refractivity contribution in [1.29, 1.82) is 0 Å². The van der Waals surface area contributed by atoms with E-state index < -0.39 is 6.10 Å². The fourth-order valence-electron chi connectivity index (χ4n) is 9.30. The van der Waals surface area contributed by atoms with Crippen LogP contribution in [0.3, 0.4) is 0 Å². The number of unbranched alkanes of at least 4 members (excludes halogenated alkanes) is 42. The minimum Gasteiger partial charge on any atom is -0.462 e. The molecule has 0 bridgehead atoms. The van der Waals surface area contributed by atoms with E-state index >= 15 is 0 Å². The molecule has 0 rings (SSSR count). The fourth-order valence-corrected chi connectivity index (χ4v) is 9.30. The molecule has 6 nitrogen and oxygen atoms in total. The molecular formula is C63H118O6. The van der Waals surface area contributed by atoms with Crippen LogP contribution >= 0.6 is 0 Å². The van der Waals surface area contributed by atoms with Gasteiger partial charge in [0.1, 0.15) is 13.2 Å². The molecule has 0 radical (unpaired) electrons. The minimum atomic E-state index is -0.770. The van der Waals surface area contributed by atoms with Crippen LogP contribution in [0.1, 0.15) is 342 Å². The molecule has 0 heterocycles. The number of rotatable bonds is 57. The van der Waals surface area contributed by atoms with Crippen LogP contribution in [0.5, 0.6) is 0 Å². The summed E-state index contributed by atoms with van der Waals surface area (Å²) in [6, 6.07) is 0. The van der Waals surface area contributed by atoms with Crippen molar-refractivity contribution >= 4 is 17.9 Å². The Bertz CT molecular complexity index is 1110. The zero-order valence-corrected chi connectivity index (χ0v) is 46.6. The van der Waals surface area contributed by atoms with Gasteiger partial charge in [0.25, 0.3) is 0 Å². The predicted molar refractivity (Wildman–Crippen MR) is 298 cm³/mol. The van der Waals surface area contributed by atoms with Crippen molar-refractivity contribution < 1.29 is 28.6 Å². The van der Waals surface area contributed by atoms with Gasteiger partial charge in [0.15, 0.2) is 6.10 Å². The van der Waals surface area contributed by atoms with Gasteiger partial charge in [0.05, 0.1) is 0 Å². The Balaban J connectivity index is 4.12. The molecule has 1 unspecified atom stereocenters. The number of carbonyl (C=O) groups is 3. The maximum Gasteiger partial charge on any atom is 0.306 e. The lowest BCUT2D eigenvalue weighted by molar-refractivity contribution is -0.167. The van der Waals surface area contributed by atoms with Crippen LogP contribution in [0.25, 0.3) is 0 Å². The van der Waals surface area contributed by atoms with Crippen molar-refractivity contribution in [3.05, 3.63) is 24.3 Å². The van der Waals surface area contributed by atoms with Crippen LogP contribution in [0, 0.1) is 0 Å². The minimum absolute atomic E-state index is 0.0694. The summed E-state index contributed by atoms with van der Waals surface area (Å²) in [6.45, 7) is 6.64. The second kappa shape index (κ2) is 58.5. The molecule has 0 aliphatic heterocycles. The smallest absolute Gasteiger partial charge is 0.306 e. The standard InChI is InChI=1S/C63H118O6/c1-4-7-10-13-16-19-21-23-25-27-29-30-31-32-33-34-35-37-38-40-42-44-47-50-53-56-62(65)68-59-60(58-67-61(64)55-52-49-46-18-15-12-9-6-3)69-63(66)57-54-51-48-45-43-41-39-36-28-26-24-22-20-17-14-11-8-5-2/h20,22,26,28,60H,4-19,21,23-25,27,29-59H2,1-3H3/b22-20-,28-26-. The average Bonchev–Trinajstić information content (AvgIpc) is 3.35. The Morgan fingerprint density at radius 2 is 0.522 bits per heavy atom. The Hall–Kier alpha value is -2.11. The maximum atomic E-state index is 12.8. The third-order valence-electron chi connectivity index (χ3n) is 14.0. The van der Waals surface area contributed by atoms with E-state index in [0.717, 1.165) is 70.6 Å². The summed E-state index contributed by atoms with van der Waals surface area (Å²) in [5.74, 6) is -0.860. The van der Waals surface area contributed by atoms with Gasteiger partial charge in [0.2, 0.25) is 0 Å². The van der Waals surface area contributed by atoms with Crippen molar-refractivity contribution in [2.45, 2.75) is 348 Å². The fraction of sp³-hybridized carbons (Fsp3) is 0.889. The highest BCUT2D eigenvalue weighted by molar-refractivity contribution is 5.71. The lowest BCUT2D eigenvalue weighted by atomic mass is 10.0. The summed E-state index contributed by atoms with van der Waals surface area (Å²) < 4.78 is 16.8. The van der Waals surface area contributed by atoms with Crippen molar-refractivity contribution in [3.8, 4) is 0 Å². The van der Waals surface area contributed by atoms with Crippen LogP contribution in [-0.4, -0.2) is 37.2 Å². The van der Waals surface area contributed by atoms with E-state index in [1.54, 1.807) is 0 Å². The Morgan fingerprint density at radius 3 is 0.812 bits per heavy atom. The van der Waals surface area contributed by atoms with E-state index in [1.807, 2.05) is 0 Å². The van der Waals surface area contributed by atoms with Crippen LogP contribution in [0.2, 0.25) is 0 Å². The van der Waals surface area contributed by atoms with Gasteiger partial charge in [-0.2, -0.15) is 0 Å². The second-order valence-corrected chi connectivity index (χ2v) is 21.0. The first-order valence-corrected chi connectivity index (χ1v) is 30.8. The molecule has 0 aromatic rings. The average molecular weight is 972 g/mol. The lowest BCUT2D eigenvalue weighted by Gasteiger charge is -2.18. The Kier molecular flexibility index (Phi) is 56.7. The molecule has 69 heavy (non-hydrogen) atoms. The molecule has 0 amide bonds. The molecule has 0 aromatic carbocycles. The van der Waals surface area contributed by atoms with Gasteiger partial charge in [-0.05, 0) is 51.4 Å². The van der Waals surface area contributed by atoms with E-state index in [4.69, 9.17) is 14.2 Å². The molecule has 0 saturated carbocycles. The quantitative estimate of drug-likeness (QED) is 0.0261. The van der Waals surface area contributed by atoms with Gasteiger partial charge >= 0.3 is 17.9 Å². The maximum absolute atomic E-state index is 12.8. The number of ether oxygens (including phenoxy) is 3. The highest BCUT2D eigenvalue weighted by atomic mass is 16.6. The molecule has 0 saturated heterocycles. The third kappa shape index (κ3) is 56.7. The first-order valence-electron chi connectivity index (χ1n) is 30.8. The molecule has 1 atom stereocenters. The van der Waals surface area contributed by atoms with Crippen LogP contribution in [-0.2, 0) is 28.6 Å². The number of allylic oxidation sites excluding steroid dienone is 4. The van der Waals surface area contributed by atoms with E-state index in [1.165, 1.54) is 231 Å². The van der Waals surface area contributed by atoms with Crippen molar-refractivity contribution in [3.63, 3.8) is 0 Å². The molecule has 6 heteroatoms. The van der Waals surface area contributed by atoms with E-state index in [-0.39, 0.29) is 31.1 Å². The molecule has 406 valence electrons. The topological polar surface area (TPSA) is 78.9 Å². The van der Waals surface area contributed by atoms with Gasteiger partial charge in [-0.3, -0.25) is 14.4 Å². The molecule has 0 fully saturated rings. The van der Waals surface area contributed by atoms with Crippen LogP contribution in [0.15, 0.2) is 24.3 Å². The van der Waals surface area contributed by atoms with E-state index in [9.17, 15) is 14.4 Å². The van der Waals surface area contributed by atoms with Crippen molar-refractivity contribution in [2.75, 3.05) is 13.2 Å². The van der Waals surface area contributed by atoms with Gasteiger partial charge in [0, 0.05) is 19.3 Å². The highest BCUT2D eigenvalue weighted by Gasteiger charge is 2.19. The number of carbonyl (C=O) groups excluding carboxylic acids is 3. The normalized spacial score (nSPS) is 12.1. The lowest BCUT2D eigenvalue weighted by Crippen LogP contribution is -2.30. The summed E-state index contributed by atoms with van der Waals surface area (Å²) in [7, 11) is 0.